The predicted octanol–water partition coefficient (Wildman–Crippen LogP) is -2.84. The molecule has 0 fully saturated rings. The molecular weight excluding hydrogens is 198 g/mol. The van der Waals surface area contributed by atoms with Gasteiger partial charge in [-0.2, -0.15) is 0 Å². The number of carbonyl (C=O) groups is 2. The molecule has 1 atom stereocenters. The van der Waals surface area contributed by atoms with Crippen LogP contribution in [0.25, 0.3) is 0 Å². The number of carboxylic acids is 2. The zero-order valence-corrected chi connectivity index (χ0v) is 8.99. The SMILES string of the molecule is CC(C)=CC[NH2+][C@@H](CCC(=O)[O-])C(=O)[O-]. The van der Waals surface area contributed by atoms with Crippen molar-refractivity contribution in [1.82, 2.24) is 0 Å². The second-order valence-electron chi connectivity index (χ2n) is 3.59. The molecule has 0 saturated carbocycles. The third kappa shape index (κ3) is 7.69. The molecule has 0 aliphatic heterocycles. The molecule has 0 aliphatic carbocycles. The fraction of sp³-hybridized carbons (Fsp3) is 0.600. The zero-order valence-electron chi connectivity index (χ0n) is 8.99. The minimum absolute atomic E-state index is 0.0290. The van der Waals surface area contributed by atoms with Gasteiger partial charge in [0.15, 0.2) is 0 Å². The van der Waals surface area contributed by atoms with Gasteiger partial charge in [-0.25, -0.2) is 0 Å². The Labute approximate surface area is 88.8 Å². The van der Waals surface area contributed by atoms with Crippen LogP contribution in [0.15, 0.2) is 11.6 Å². The summed E-state index contributed by atoms with van der Waals surface area (Å²) in [7, 11) is 0. The summed E-state index contributed by atoms with van der Waals surface area (Å²) in [5, 5.41) is 22.3. The molecule has 2 N–H and O–H groups in total. The van der Waals surface area contributed by atoms with E-state index in [1.54, 1.807) is 5.32 Å². The lowest BCUT2D eigenvalue weighted by Crippen LogP contribution is -2.92. The Bertz CT molecular complexity index is 256. The summed E-state index contributed by atoms with van der Waals surface area (Å²) in [6.07, 6.45) is 1.64. The molecule has 0 aromatic rings. The molecule has 0 bridgehead atoms. The lowest BCUT2D eigenvalue weighted by Gasteiger charge is -2.15. The van der Waals surface area contributed by atoms with Gasteiger partial charge in [0.2, 0.25) is 0 Å². The van der Waals surface area contributed by atoms with Crippen molar-refractivity contribution in [1.29, 1.82) is 0 Å². The zero-order chi connectivity index (χ0) is 11.8. The number of hydrogen-bond acceptors (Lipinski definition) is 4. The molecular formula is C10H16NO4-. The second kappa shape index (κ2) is 7.00. The minimum Gasteiger partial charge on any atom is -0.550 e. The van der Waals surface area contributed by atoms with Crippen molar-refractivity contribution in [2.45, 2.75) is 32.7 Å². The number of nitrogens with two attached hydrogens (primary N) is 1. The van der Waals surface area contributed by atoms with Crippen molar-refractivity contribution in [2.75, 3.05) is 6.54 Å². The molecule has 0 radical (unpaired) electrons. The highest BCUT2D eigenvalue weighted by atomic mass is 16.4. The number of aliphatic carboxylic acids is 2. The third-order valence-electron chi connectivity index (χ3n) is 1.91. The first-order valence-electron chi connectivity index (χ1n) is 4.81. The van der Waals surface area contributed by atoms with Crippen molar-refractivity contribution in [3.8, 4) is 0 Å². The van der Waals surface area contributed by atoms with Crippen molar-refractivity contribution in [2.24, 2.45) is 0 Å². The quantitative estimate of drug-likeness (QED) is 0.462. The van der Waals surface area contributed by atoms with Crippen LogP contribution in [0.1, 0.15) is 26.7 Å². The molecule has 5 nitrogen and oxygen atoms in total. The summed E-state index contributed by atoms with van der Waals surface area (Å²) in [5.74, 6) is -2.48. The maximum absolute atomic E-state index is 10.6. The van der Waals surface area contributed by atoms with Crippen molar-refractivity contribution in [3.05, 3.63) is 11.6 Å². The van der Waals surface area contributed by atoms with Crippen LogP contribution in [0.2, 0.25) is 0 Å². The highest BCUT2D eigenvalue weighted by Crippen LogP contribution is 1.91. The first-order chi connectivity index (χ1) is 6.93. The number of carbonyl (C=O) groups excluding carboxylic acids is 2. The van der Waals surface area contributed by atoms with Crippen molar-refractivity contribution >= 4 is 11.9 Å². The molecule has 86 valence electrons. The Kier molecular flexibility index (Phi) is 6.37. The van der Waals surface area contributed by atoms with Crippen LogP contribution < -0.4 is 15.5 Å². The number of rotatable bonds is 7. The van der Waals surface area contributed by atoms with Crippen LogP contribution in [0.5, 0.6) is 0 Å². The van der Waals surface area contributed by atoms with Gasteiger partial charge in [-0.3, -0.25) is 0 Å². The van der Waals surface area contributed by atoms with Crippen LogP contribution in [0, 0.1) is 0 Å². The fourth-order valence-electron chi connectivity index (χ4n) is 1.07. The van der Waals surface area contributed by atoms with Gasteiger partial charge in [-0.1, -0.05) is 5.57 Å². The first kappa shape index (κ1) is 13.6. The number of quaternary nitrogens is 1. The van der Waals surface area contributed by atoms with E-state index in [0.717, 1.165) is 5.57 Å². The summed E-state index contributed by atoms with van der Waals surface area (Å²) in [6, 6.07) is -0.821. The van der Waals surface area contributed by atoms with Gasteiger partial charge in [-0.15, -0.1) is 0 Å². The van der Waals surface area contributed by atoms with E-state index in [2.05, 4.69) is 0 Å². The summed E-state index contributed by atoms with van der Waals surface area (Å²) in [5.41, 5.74) is 1.09. The monoisotopic (exact) mass is 214 g/mol. The van der Waals surface area contributed by atoms with E-state index in [9.17, 15) is 19.8 Å². The number of hydrogen-bond donors (Lipinski definition) is 1. The fourth-order valence-corrected chi connectivity index (χ4v) is 1.07. The van der Waals surface area contributed by atoms with Gasteiger partial charge in [-0.05, 0) is 26.3 Å². The van der Waals surface area contributed by atoms with Gasteiger partial charge in [0.25, 0.3) is 0 Å². The number of allylic oxidation sites excluding steroid dienone is 1. The normalized spacial score (nSPS) is 11.9. The van der Waals surface area contributed by atoms with Crippen LogP contribution in [0.4, 0.5) is 0 Å². The van der Waals surface area contributed by atoms with Gasteiger partial charge < -0.3 is 25.1 Å². The molecule has 0 unspecified atom stereocenters. The summed E-state index contributed by atoms with van der Waals surface area (Å²) >= 11 is 0. The van der Waals surface area contributed by atoms with Crippen molar-refractivity contribution < 1.29 is 25.1 Å². The average Bonchev–Trinajstić information content (AvgIpc) is 2.09. The van der Waals surface area contributed by atoms with Crippen LogP contribution in [-0.2, 0) is 9.59 Å². The van der Waals surface area contributed by atoms with E-state index < -0.39 is 18.0 Å². The van der Waals surface area contributed by atoms with Gasteiger partial charge >= 0.3 is 0 Å². The Hall–Kier alpha value is -1.36. The minimum atomic E-state index is -1.24. The average molecular weight is 214 g/mol. The molecule has 5 heteroatoms. The Balaban J connectivity index is 4.00. The number of carboxylic acid groups (broad SMARTS) is 2. The highest BCUT2D eigenvalue weighted by Gasteiger charge is 2.11. The van der Waals surface area contributed by atoms with Gasteiger partial charge in [0.05, 0.1) is 12.5 Å². The summed E-state index contributed by atoms with van der Waals surface area (Å²) < 4.78 is 0. The first-order valence-corrected chi connectivity index (χ1v) is 4.81. The maximum Gasteiger partial charge on any atom is 0.127 e. The topological polar surface area (TPSA) is 96.9 Å². The smallest absolute Gasteiger partial charge is 0.127 e. The molecule has 15 heavy (non-hydrogen) atoms. The van der Waals surface area contributed by atoms with E-state index in [0.29, 0.717) is 6.54 Å². The predicted molar refractivity (Wildman–Crippen MR) is 49.3 cm³/mol. The molecule has 0 saturated heterocycles. The molecule has 0 rings (SSSR count). The van der Waals surface area contributed by atoms with E-state index in [1.165, 1.54) is 0 Å². The van der Waals surface area contributed by atoms with Crippen LogP contribution in [0.3, 0.4) is 0 Å². The van der Waals surface area contributed by atoms with Gasteiger partial charge in [0, 0.05) is 12.4 Å². The summed E-state index contributed by atoms with van der Waals surface area (Å²) in [6.45, 7) is 4.32. The summed E-state index contributed by atoms with van der Waals surface area (Å²) in [4.78, 5) is 20.8. The molecule has 0 heterocycles. The van der Waals surface area contributed by atoms with E-state index in [4.69, 9.17) is 0 Å². The standard InChI is InChI=1S/C10H17NO4/c1-7(2)5-6-11-8(10(14)15)3-4-9(12)13/h5,8,11H,3-4,6H2,1-2H3,(H,12,13)(H,14,15)/p-1/t8-/m0/s1. The molecule has 0 spiro atoms. The lowest BCUT2D eigenvalue weighted by molar-refractivity contribution is -0.676. The lowest BCUT2D eigenvalue weighted by atomic mass is 10.1. The van der Waals surface area contributed by atoms with Crippen LogP contribution in [-0.4, -0.2) is 24.5 Å². The van der Waals surface area contributed by atoms with Gasteiger partial charge in [0.1, 0.15) is 6.04 Å². The Morgan fingerprint density at radius 1 is 1.33 bits per heavy atom. The Morgan fingerprint density at radius 3 is 2.33 bits per heavy atom. The van der Waals surface area contributed by atoms with E-state index in [1.807, 2.05) is 19.9 Å². The molecule has 0 amide bonds. The molecule has 0 aliphatic rings. The highest BCUT2D eigenvalue weighted by molar-refractivity contribution is 5.71. The third-order valence-corrected chi connectivity index (χ3v) is 1.91. The molecule has 0 aromatic heterocycles. The molecule has 0 aromatic carbocycles. The van der Waals surface area contributed by atoms with E-state index >= 15 is 0 Å². The second-order valence-corrected chi connectivity index (χ2v) is 3.59. The van der Waals surface area contributed by atoms with Crippen LogP contribution >= 0.6 is 0 Å². The Morgan fingerprint density at radius 2 is 1.93 bits per heavy atom. The largest absolute Gasteiger partial charge is 0.550 e. The van der Waals surface area contributed by atoms with E-state index in [-0.39, 0.29) is 12.8 Å². The maximum atomic E-state index is 10.6. The van der Waals surface area contributed by atoms with Crippen molar-refractivity contribution in [3.63, 3.8) is 0 Å².